The van der Waals surface area contributed by atoms with Crippen LogP contribution in [0.2, 0.25) is 0 Å². The predicted molar refractivity (Wildman–Crippen MR) is 53.4 cm³/mol. The molecule has 0 aromatic carbocycles. The molecule has 0 radical (unpaired) electrons. The van der Waals surface area contributed by atoms with E-state index in [-0.39, 0.29) is 0 Å². The van der Waals surface area contributed by atoms with E-state index in [1.54, 1.807) is 7.11 Å². The molecule has 0 saturated carbocycles. The second kappa shape index (κ2) is 7.14. The highest BCUT2D eigenvalue weighted by Gasteiger charge is 2.08. The van der Waals surface area contributed by atoms with E-state index in [1.807, 2.05) is 6.21 Å². The number of hydrogen-bond acceptors (Lipinski definition) is 2. The molecule has 0 aliphatic carbocycles. The van der Waals surface area contributed by atoms with Crippen LogP contribution in [0.4, 0.5) is 0 Å². The molecule has 0 aromatic heterocycles. The third-order valence-corrected chi connectivity index (χ3v) is 2.31. The van der Waals surface area contributed by atoms with Gasteiger partial charge in [0.15, 0.2) is 0 Å². The minimum absolute atomic E-state index is 0.525. The summed E-state index contributed by atoms with van der Waals surface area (Å²) in [6.07, 6.45) is 5.76. The molecule has 0 heterocycles. The van der Waals surface area contributed by atoms with Crippen LogP contribution in [0, 0.1) is 11.8 Å². The van der Waals surface area contributed by atoms with Gasteiger partial charge in [-0.3, -0.25) is 0 Å². The molecule has 2 nitrogen and oxygen atoms in total. The van der Waals surface area contributed by atoms with Crippen molar-refractivity contribution in [3.63, 3.8) is 0 Å². The molecular formula is C10H21NO. The van der Waals surface area contributed by atoms with Crippen LogP contribution in [0.5, 0.6) is 0 Å². The third-order valence-electron chi connectivity index (χ3n) is 2.31. The van der Waals surface area contributed by atoms with Gasteiger partial charge >= 0.3 is 0 Å². The first-order chi connectivity index (χ1) is 5.72. The monoisotopic (exact) mass is 171 g/mol. The lowest BCUT2D eigenvalue weighted by atomic mass is 9.92. The van der Waals surface area contributed by atoms with Crippen molar-refractivity contribution in [2.45, 2.75) is 40.0 Å². The summed E-state index contributed by atoms with van der Waals surface area (Å²) in [5.74, 6) is 1.24. The van der Waals surface area contributed by atoms with Crippen molar-refractivity contribution < 1.29 is 4.84 Å². The van der Waals surface area contributed by atoms with Crippen LogP contribution in [0.15, 0.2) is 5.16 Å². The minimum atomic E-state index is 0.525. The summed E-state index contributed by atoms with van der Waals surface area (Å²) in [6.45, 7) is 6.67. The Bertz CT molecular complexity index is 123. The van der Waals surface area contributed by atoms with Gasteiger partial charge in [-0.25, -0.2) is 0 Å². The normalized spacial score (nSPS) is 16.3. The van der Waals surface area contributed by atoms with Gasteiger partial charge in [-0.05, 0) is 11.8 Å². The van der Waals surface area contributed by atoms with E-state index in [9.17, 15) is 0 Å². The fraction of sp³-hybridized carbons (Fsp3) is 0.900. The van der Waals surface area contributed by atoms with Gasteiger partial charge in [0.1, 0.15) is 7.11 Å². The van der Waals surface area contributed by atoms with Crippen molar-refractivity contribution >= 4 is 6.21 Å². The van der Waals surface area contributed by atoms with E-state index in [0.717, 1.165) is 0 Å². The van der Waals surface area contributed by atoms with Crippen molar-refractivity contribution in [2.75, 3.05) is 7.11 Å². The molecule has 72 valence electrons. The van der Waals surface area contributed by atoms with E-state index in [2.05, 4.69) is 30.8 Å². The van der Waals surface area contributed by atoms with Gasteiger partial charge in [-0.1, -0.05) is 45.2 Å². The standard InChI is InChI=1S/C10H21NO/c1-5-6-7-9(2)10(3)8-11-12-4/h8-10H,5-7H2,1-4H3/b11-8+/t9-,10-/m0/s1. The van der Waals surface area contributed by atoms with Crippen LogP contribution in [0.3, 0.4) is 0 Å². The lowest BCUT2D eigenvalue weighted by molar-refractivity contribution is 0.212. The highest BCUT2D eigenvalue weighted by Crippen LogP contribution is 2.15. The molecule has 12 heavy (non-hydrogen) atoms. The van der Waals surface area contributed by atoms with Gasteiger partial charge in [0.2, 0.25) is 0 Å². The zero-order valence-electron chi connectivity index (χ0n) is 8.71. The molecule has 0 bridgehead atoms. The van der Waals surface area contributed by atoms with Crippen LogP contribution in [0.25, 0.3) is 0 Å². The maximum absolute atomic E-state index is 4.64. The first-order valence-electron chi connectivity index (χ1n) is 4.79. The fourth-order valence-electron chi connectivity index (χ4n) is 1.09. The molecule has 0 N–H and O–H groups in total. The molecule has 2 atom stereocenters. The minimum Gasteiger partial charge on any atom is -0.399 e. The largest absolute Gasteiger partial charge is 0.399 e. The topological polar surface area (TPSA) is 21.6 Å². The van der Waals surface area contributed by atoms with Gasteiger partial charge in [0.25, 0.3) is 0 Å². The summed E-state index contributed by atoms with van der Waals surface area (Å²) in [5.41, 5.74) is 0. The lowest BCUT2D eigenvalue weighted by Gasteiger charge is -2.14. The Labute approximate surface area is 76.0 Å². The predicted octanol–water partition coefficient (Wildman–Crippen LogP) is 3.08. The summed E-state index contributed by atoms with van der Waals surface area (Å²) in [6, 6.07) is 0. The van der Waals surface area contributed by atoms with Gasteiger partial charge in [0, 0.05) is 6.21 Å². The molecule has 2 heteroatoms. The molecule has 0 rings (SSSR count). The van der Waals surface area contributed by atoms with E-state index < -0.39 is 0 Å². The summed E-state index contributed by atoms with van der Waals surface area (Å²) >= 11 is 0. The maximum Gasteiger partial charge on any atom is 0.106 e. The van der Waals surface area contributed by atoms with E-state index in [4.69, 9.17) is 0 Å². The van der Waals surface area contributed by atoms with Crippen molar-refractivity contribution in [3.05, 3.63) is 0 Å². The molecule has 0 amide bonds. The average Bonchev–Trinajstić information content (AvgIpc) is 2.10. The molecule has 0 unspecified atom stereocenters. The van der Waals surface area contributed by atoms with E-state index in [1.165, 1.54) is 19.3 Å². The molecule has 0 spiro atoms. The zero-order valence-corrected chi connectivity index (χ0v) is 8.71. The SMILES string of the molecule is CCCC[C@H](C)[C@@H](C)/C=N/OC. The van der Waals surface area contributed by atoms with Crippen molar-refractivity contribution in [1.82, 2.24) is 0 Å². The van der Waals surface area contributed by atoms with Crippen LogP contribution >= 0.6 is 0 Å². The summed E-state index contributed by atoms with van der Waals surface area (Å²) < 4.78 is 0. The lowest BCUT2D eigenvalue weighted by Crippen LogP contribution is -2.09. The number of rotatable bonds is 6. The number of nitrogens with zero attached hydrogens (tertiary/aromatic N) is 1. The quantitative estimate of drug-likeness (QED) is 0.444. The van der Waals surface area contributed by atoms with Gasteiger partial charge in [0.05, 0.1) is 0 Å². The second-order valence-corrected chi connectivity index (χ2v) is 3.42. The Balaban J connectivity index is 3.60. The Kier molecular flexibility index (Phi) is 6.82. The molecule has 0 aliphatic heterocycles. The van der Waals surface area contributed by atoms with Crippen LogP contribution in [-0.4, -0.2) is 13.3 Å². The first-order valence-corrected chi connectivity index (χ1v) is 4.79. The van der Waals surface area contributed by atoms with Crippen molar-refractivity contribution in [3.8, 4) is 0 Å². The summed E-state index contributed by atoms with van der Waals surface area (Å²) in [4.78, 5) is 4.64. The Morgan fingerprint density at radius 2 is 2.08 bits per heavy atom. The van der Waals surface area contributed by atoms with Crippen LogP contribution in [-0.2, 0) is 4.84 Å². The fourth-order valence-corrected chi connectivity index (χ4v) is 1.09. The van der Waals surface area contributed by atoms with Crippen molar-refractivity contribution in [2.24, 2.45) is 17.0 Å². The van der Waals surface area contributed by atoms with Crippen LogP contribution in [0.1, 0.15) is 40.0 Å². The van der Waals surface area contributed by atoms with Crippen molar-refractivity contribution in [1.29, 1.82) is 0 Å². The number of oxime groups is 1. The average molecular weight is 171 g/mol. The van der Waals surface area contributed by atoms with Gasteiger partial charge in [-0.15, -0.1) is 0 Å². The van der Waals surface area contributed by atoms with E-state index >= 15 is 0 Å². The maximum atomic E-state index is 4.64. The highest BCUT2D eigenvalue weighted by atomic mass is 16.6. The summed E-state index contributed by atoms with van der Waals surface area (Å²) in [7, 11) is 1.58. The van der Waals surface area contributed by atoms with Gasteiger partial charge < -0.3 is 4.84 Å². The second-order valence-electron chi connectivity index (χ2n) is 3.42. The molecule has 0 aromatic rings. The Morgan fingerprint density at radius 3 is 2.58 bits per heavy atom. The number of hydrogen-bond donors (Lipinski definition) is 0. The third kappa shape index (κ3) is 5.16. The Hall–Kier alpha value is -0.530. The molecule has 0 fully saturated rings. The highest BCUT2D eigenvalue weighted by molar-refractivity contribution is 5.59. The van der Waals surface area contributed by atoms with Gasteiger partial charge in [-0.2, -0.15) is 0 Å². The molecular weight excluding hydrogens is 150 g/mol. The van der Waals surface area contributed by atoms with E-state index in [0.29, 0.717) is 11.8 Å². The smallest absolute Gasteiger partial charge is 0.106 e. The van der Waals surface area contributed by atoms with Crippen LogP contribution < -0.4 is 0 Å². The summed E-state index contributed by atoms with van der Waals surface area (Å²) in [5, 5.41) is 3.78. The molecule has 0 saturated heterocycles. The molecule has 0 aliphatic rings. The first kappa shape index (κ1) is 11.5. The Morgan fingerprint density at radius 1 is 1.42 bits per heavy atom. The zero-order chi connectivity index (χ0) is 9.40. The number of unbranched alkanes of at least 4 members (excludes halogenated alkanes) is 1.